The van der Waals surface area contributed by atoms with Crippen LogP contribution in [0.2, 0.25) is 0 Å². The minimum absolute atomic E-state index is 0.0671. The Balaban J connectivity index is 2.55. The molecule has 2 nitrogen and oxygen atoms in total. The summed E-state index contributed by atoms with van der Waals surface area (Å²) in [5, 5.41) is 10.2. The van der Waals surface area contributed by atoms with Crippen molar-refractivity contribution < 1.29 is 9.84 Å². The lowest BCUT2D eigenvalue weighted by Crippen LogP contribution is -2.41. The minimum atomic E-state index is -0.547. The highest BCUT2D eigenvalue weighted by Gasteiger charge is 2.44. The second-order valence-electron chi connectivity index (χ2n) is 4.26. The first-order valence-corrected chi connectivity index (χ1v) is 5.48. The average Bonchev–Trinajstić information content (AvgIpc) is 2.41. The van der Waals surface area contributed by atoms with E-state index in [0.29, 0.717) is 5.92 Å². The summed E-state index contributed by atoms with van der Waals surface area (Å²) in [6, 6.07) is 0. The predicted molar refractivity (Wildman–Crippen MR) is 53.7 cm³/mol. The summed E-state index contributed by atoms with van der Waals surface area (Å²) in [7, 11) is 0. The van der Waals surface area contributed by atoms with Crippen molar-refractivity contribution in [1.29, 1.82) is 0 Å². The van der Waals surface area contributed by atoms with Gasteiger partial charge in [-0.05, 0) is 31.6 Å². The predicted octanol–water partition coefficient (Wildman–Crippen LogP) is 2.35. The minimum Gasteiger partial charge on any atom is -0.387 e. The third kappa shape index (κ3) is 2.23. The van der Waals surface area contributed by atoms with Crippen LogP contribution in [0.25, 0.3) is 0 Å². The maximum absolute atomic E-state index is 10.2. The molecule has 0 aromatic heterocycles. The number of aliphatic hydroxyl groups is 1. The molecule has 78 valence electrons. The van der Waals surface area contributed by atoms with E-state index in [-0.39, 0.29) is 6.10 Å². The van der Waals surface area contributed by atoms with Gasteiger partial charge in [0.1, 0.15) is 0 Å². The van der Waals surface area contributed by atoms with E-state index in [2.05, 4.69) is 13.8 Å². The quantitative estimate of drug-likeness (QED) is 0.730. The Morgan fingerprint density at radius 1 is 1.46 bits per heavy atom. The van der Waals surface area contributed by atoms with Gasteiger partial charge in [-0.2, -0.15) is 0 Å². The first-order valence-electron chi connectivity index (χ1n) is 5.48. The summed E-state index contributed by atoms with van der Waals surface area (Å²) >= 11 is 0. The van der Waals surface area contributed by atoms with E-state index < -0.39 is 5.60 Å². The molecule has 1 aliphatic rings. The molecule has 0 aliphatic heterocycles. The Morgan fingerprint density at radius 3 is 2.69 bits per heavy atom. The van der Waals surface area contributed by atoms with Gasteiger partial charge >= 0.3 is 0 Å². The Bertz CT molecular complexity index is 158. The average molecular weight is 186 g/mol. The van der Waals surface area contributed by atoms with E-state index in [9.17, 15) is 5.11 Å². The molecule has 0 radical (unpaired) electrons. The molecular formula is C11H22O2. The number of hydrogen-bond donors (Lipinski definition) is 1. The Hall–Kier alpha value is -0.0800. The van der Waals surface area contributed by atoms with Gasteiger partial charge < -0.3 is 9.84 Å². The van der Waals surface area contributed by atoms with Gasteiger partial charge in [0.15, 0.2) is 0 Å². The van der Waals surface area contributed by atoms with Crippen molar-refractivity contribution in [3.8, 4) is 0 Å². The van der Waals surface area contributed by atoms with E-state index in [4.69, 9.17) is 4.74 Å². The largest absolute Gasteiger partial charge is 0.387 e. The second-order valence-corrected chi connectivity index (χ2v) is 4.26. The zero-order valence-corrected chi connectivity index (χ0v) is 9.05. The van der Waals surface area contributed by atoms with E-state index in [1.165, 1.54) is 0 Å². The maximum Gasteiger partial charge on any atom is 0.0908 e. The SMILES string of the molecule is CCCO[C@H]1C(C)CCC1(O)CC. The fourth-order valence-corrected chi connectivity index (χ4v) is 2.24. The molecule has 1 N–H and O–H groups in total. The van der Waals surface area contributed by atoms with Gasteiger partial charge in [0.2, 0.25) is 0 Å². The highest BCUT2D eigenvalue weighted by Crippen LogP contribution is 2.38. The Labute approximate surface area is 81.3 Å². The molecule has 13 heavy (non-hydrogen) atoms. The van der Waals surface area contributed by atoms with Crippen LogP contribution in [0.1, 0.15) is 46.5 Å². The van der Waals surface area contributed by atoms with Crippen molar-refractivity contribution in [2.75, 3.05) is 6.61 Å². The lowest BCUT2D eigenvalue weighted by atomic mass is 9.94. The molecule has 1 rings (SSSR count). The van der Waals surface area contributed by atoms with Crippen LogP contribution in [0.4, 0.5) is 0 Å². The van der Waals surface area contributed by atoms with Gasteiger partial charge in [-0.15, -0.1) is 0 Å². The molecule has 1 fully saturated rings. The Morgan fingerprint density at radius 2 is 2.15 bits per heavy atom. The van der Waals surface area contributed by atoms with Gasteiger partial charge in [-0.25, -0.2) is 0 Å². The summed E-state index contributed by atoms with van der Waals surface area (Å²) in [6.45, 7) is 7.09. The third-order valence-corrected chi connectivity index (χ3v) is 3.19. The van der Waals surface area contributed by atoms with Crippen LogP contribution in [0, 0.1) is 5.92 Å². The molecular weight excluding hydrogens is 164 g/mol. The van der Waals surface area contributed by atoms with Crippen LogP contribution in [0.3, 0.4) is 0 Å². The standard InChI is InChI=1S/C11H22O2/c1-4-8-13-10-9(3)6-7-11(10,12)5-2/h9-10,12H,4-8H2,1-3H3/t9?,10-,11?/m0/s1. The summed E-state index contributed by atoms with van der Waals surface area (Å²) in [5.41, 5.74) is -0.547. The zero-order valence-electron chi connectivity index (χ0n) is 9.05. The normalized spacial score (nSPS) is 39.7. The van der Waals surface area contributed by atoms with Gasteiger partial charge in [-0.1, -0.05) is 20.8 Å². The molecule has 0 aromatic carbocycles. The van der Waals surface area contributed by atoms with Gasteiger partial charge in [-0.3, -0.25) is 0 Å². The van der Waals surface area contributed by atoms with Crippen LogP contribution < -0.4 is 0 Å². The molecule has 0 saturated heterocycles. The van der Waals surface area contributed by atoms with Crippen molar-refractivity contribution in [2.24, 2.45) is 5.92 Å². The van der Waals surface area contributed by atoms with Gasteiger partial charge in [0.25, 0.3) is 0 Å². The fourth-order valence-electron chi connectivity index (χ4n) is 2.24. The fraction of sp³-hybridized carbons (Fsp3) is 1.00. The second kappa shape index (κ2) is 4.43. The number of hydrogen-bond acceptors (Lipinski definition) is 2. The van der Waals surface area contributed by atoms with Crippen molar-refractivity contribution in [3.63, 3.8) is 0 Å². The maximum atomic E-state index is 10.2. The van der Waals surface area contributed by atoms with Crippen LogP contribution in [0.15, 0.2) is 0 Å². The van der Waals surface area contributed by atoms with Crippen molar-refractivity contribution >= 4 is 0 Å². The van der Waals surface area contributed by atoms with Crippen LogP contribution in [-0.2, 0) is 4.74 Å². The molecule has 3 atom stereocenters. The molecule has 0 amide bonds. The summed E-state index contributed by atoms with van der Waals surface area (Å²) in [6.07, 6.45) is 3.91. The summed E-state index contributed by atoms with van der Waals surface area (Å²) in [5.74, 6) is 0.511. The summed E-state index contributed by atoms with van der Waals surface area (Å²) in [4.78, 5) is 0. The van der Waals surface area contributed by atoms with E-state index in [1.54, 1.807) is 0 Å². The van der Waals surface area contributed by atoms with Gasteiger partial charge in [0, 0.05) is 6.61 Å². The highest BCUT2D eigenvalue weighted by molar-refractivity contribution is 4.96. The molecule has 0 spiro atoms. The molecule has 0 heterocycles. The molecule has 1 saturated carbocycles. The highest BCUT2D eigenvalue weighted by atomic mass is 16.5. The first kappa shape index (κ1) is 11.0. The van der Waals surface area contributed by atoms with Crippen molar-refractivity contribution in [1.82, 2.24) is 0 Å². The van der Waals surface area contributed by atoms with Gasteiger partial charge in [0.05, 0.1) is 11.7 Å². The third-order valence-electron chi connectivity index (χ3n) is 3.19. The number of ether oxygens (including phenoxy) is 1. The molecule has 2 unspecified atom stereocenters. The molecule has 2 heteroatoms. The Kier molecular flexibility index (Phi) is 3.74. The van der Waals surface area contributed by atoms with Crippen molar-refractivity contribution in [3.05, 3.63) is 0 Å². The lowest BCUT2D eigenvalue weighted by molar-refractivity contribution is -0.104. The topological polar surface area (TPSA) is 29.5 Å². The van der Waals surface area contributed by atoms with Crippen LogP contribution >= 0.6 is 0 Å². The summed E-state index contributed by atoms with van der Waals surface area (Å²) < 4.78 is 5.72. The molecule has 0 aromatic rings. The van der Waals surface area contributed by atoms with Crippen molar-refractivity contribution in [2.45, 2.75) is 58.2 Å². The smallest absolute Gasteiger partial charge is 0.0908 e. The van der Waals surface area contributed by atoms with E-state index in [1.807, 2.05) is 6.92 Å². The van der Waals surface area contributed by atoms with E-state index in [0.717, 1.165) is 32.3 Å². The first-order chi connectivity index (χ1) is 6.14. The molecule has 1 aliphatic carbocycles. The number of rotatable bonds is 4. The lowest BCUT2D eigenvalue weighted by Gasteiger charge is -2.30. The van der Waals surface area contributed by atoms with E-state index >= 15 is 0 Å². The van der Waals surface area contributed by atoms with Crippen LogP contribution in [-0.4, -0.2) is 23.4 Å². The van der Waals surface area contributed by atoms with Crippen LogP contribution in [0.5, 0.6) is 0 Å². The monoisotopic (exact) mass is 186 g/mol. The molecule has 0 bridgehead atoms. The zero-order chi connectivity index (χ0) is 9.90.